The van der Waals surface area contributed by atoms with Crippen LogP contribution >= 0.6 is 0 Å². The molecule has 1 atom stereocenters. The van der Waals surface area contributed by atoms with Crippen LogP contribution in [0.15, 0.2) is 37.1 Å². The van der Waals surface area contributed by atoms with E-state index in [0.717, 1.165) is 13.1 Å². The van der Waals surface area contributed by atoms with Crippen molar-refractivity contribution in [1.82, 2.24) is 14.1 Å². The van der Waals surface area contributed by atoms with Crippen molar-refractivity contribution in [2.24, 2.45) is 5.73 Å². The van der Waals surface area contributed by atoms with Gasteiger partial charge in [-0.2, -0.15) is 0 Å². The molecule has 0 amide bonds. The van der Waals surface area contributed by atoms with Crippen LogP contribution in [-0.4, -0.2) is 14.1 Å². The van der Waals surface area contributed by atoms with E-state index in [-0.39, 0.29) is 6.04 Å². The van der Waals surface area contributed by atoms with Gasteiger partial charge in [-0.25, -0.2) is 4.98 Å². The van der Waals surface area contributed by atoms with E-state index >= 15 is 0 Å². The van der Waals surface area contributed by atoms with Crippen molar-refractivity contribution in [2.75, 3.05) is 0 Å². The van der Waals surface area contributed by atoms with Crippen molar-refractivity contribution >= 4 is 0 Å². The predicted octanol–water partition coefficient (Wildman–Crippen LogP) is 1.40. The van der Waals surface area contributed by atoms with E-state index in [0.29, 0.717) is 0 Å². The van der Waals surface area contributed by atoms with Crippen molar-refractivity contribution in [3.05, 3.63) is 42.7 Å². The molecule has 0 saturated heterocycles. The third-order valence-electron chi connectivity index (χ3n) is 2.49. The molecule has 4 nitrogen and oxygen atoms in total. The van der Waals surface area contributed by atoms with Gasteiger partial charge >= 0.3 is 0 Å². The quantitative estimate of drug-likeness (QED) is 0.818. The van der Waals surface area contributed by atoms with Gasteiger partial charge in [0.2, 0.25) is 0 Å². The van der Waals surface area contributed by atoms with Crippen LogP contribution in [0.2, 0.25) is 0 Å². The first kappa shape index (κ1) is 9.98. The minimum Gasteiger partial charge on any atom is -0.348 e. The van der Waals surface area contributed by atoms with Gasteiger partial charge < -0.3 is 14.9 Å². The lowest BCUT2D eigenvalue weighted by Gasteiger charge is -2.12. The Hall–Kier alpha value is -1.55. The number of rotatable bonds is 4. The Balaban J connectivity index is 2.02. The van der Waals surface area contributed by atoms with Gasteiger partial charge in [0.1, 0.15) is 0 Å². The van der Waals surface area contributed by atoms with Crippen molar-refractivity contribution in [1.29, 1.82) is 0 Å². The summed E-state index contributed by atoms with van der Waals surface area (Å²) in [5, 5.41) is 0. The van der Waals surface area contributed by atoms with Gasteiger partial charge in [-0.15, -0.1) is 0 Å². The molecule has 0 aliphatic heterocycles. The van der Waals surface area contributed by atoms with Crippen LogP contribution in [0.1, 0.15) is 18.7 Å². The Kier molecular flexibility index (Phi) is 2.87. The first-order valence-corrected chi connectivity index (χ1v) is 5.14. The summed E-state index contributed by atoms with van der Waals surface area (Å²) in [4.78, 5) is 4.01. The number of nitrogens with zero attached hydrogens (tertiary/aromatic N) is 3. The van der Waals surface area contributed by atoms with Crippen LogP contribution in [0.25, 0.3) is 0 Å². The van der Waals surface area contributed by atoms with Crippen molar-refractivity contribution in [2.45, 2.75) is 26.1 Å². The van der Waals surface area contributed by atoms with Gasteiger partial charge in [0, 0.05) is 43.4 Å². The van der Waals surface area contributed by atoms with Crippen molar-refractivity contribution in [3.8, 4) is 0 Å². The van der Waals surface area contributed by atoms with E-state index in [1.807, 2.05) is 25.5 Å². The van der Waals surface area contributed by atoms with Crippen molar-refractivity contribution < 1.29 is 0 Å². The van der Waals surface area contributed by atoms with Gasteiger partial charge in [-0.1, -0.05) is 0 Å². The van der Waals surface area contributed by atoms with Crippen LogP contribution in [0, 0.1) is 0 Å². The monoisotopic (exact) mass is 204 g/mol. The molecule has 0 bridgehead atoms. The van der Waals surface area contributed by atoms with Gasteiger partial charge in [0.25, 0.3) is 0 Å². The second-order valence-electron chi connectivity index (χ2n) is 3.72. The molecule has 0 saturated carbocycles. The van der Waals surface area contributed by atoms with E-state index in [4.69, 9.17) is 5.73 Å². The summed E-state index contributed by atoms with van der Waals surface area (Å²) in [6.45, 7) is 3.86. The summed E-state index contributed by atoms with van der Waals surface area (Å²) in [5.74, 6) is 0. The molecule has 2 aromatic heterocycles. The molecule has 2 heterocycles. The zero-order valence-corrected chi connectivity index (χ0v) is 8.87. The molecule has 0 aliphatic carbocycles. The van der Waals surface area contributed by atoms with Crippen molar-refractivity contribution in [3.63, 3.8) is 0 Å². The van der Waals surface area contributed by atoms with Crippen LogP contribution in [-0.2, 0) is 13.1 Å². The smallest absolute Gasteiger partial charge is 0.0946 e. The van der Waals surface area contributed by atoms with Gasteiger partial charge in [0.05, 0.1) is 6.33 Å². The Morgan fingerprint density at radius 1 is 1.40 bits per heavy atom. The van der Waals surface area contributed by atoms with Crippen LogP contribution in [0.5, 0.6) is 0 Å². The van der Waals surface area contributed by atoms with E-state index in [9.17, 15) is 0 Å². The minimum atomic E-state index is 0.0859. The normalized spacial score (nSPS) is 12.9. The number of hydrogen-bond donors (Lipinski definition) is 1. The molecule has 0 aliphatic rings. The fraction of sp³-hybridized carbons (Fsp3) is 0.364. The molecule has 2 N–H and O–H groups in total. The van der Waals surface area contributed by atoms with E-state index in [1.54, 1.807) is 6.20 Å². The fourth-order valence-corrected chi connectivity index (χ4v) is 1.69. The molecule has 2 aromatic rings. The second-order valence-corrected chi connectivity index (χ2v) is 3.72. The van der Waals surface area contributed by atoms with E-state index in [2.05, 4.69) is 26.4 Å². The largest absolute Gasteiger partial charge is 0.348 e. The molecule has 0 spiro atoms. The van der Waals surface area contributed by atoms with E-state index < -0.39 is 0 Å². The molecule has 2 rings (SSSR count). The molecule has 15 heavy (non-hydrogen) atoms. The maximum atomic E-state index is 5.87. The lowest BCUT2D eigenvalue weighted by atomic mass is 10.2. The average molecular weight is 204 g/mol. The average Bonchev–Trinajstić information content (AvgIpc) is 2.86. The van der Waals surface area contributed by atoms with Gasteiger partial charge in [-0.05, 0) is 19.1 Å². The highest BCUT2D eigenvalue weighted by molar-refractivity contribution is 5.10. The van der Waals surface area contributed by atoms with Crippen LogP contribution < -0.4 is 5.73 Å². The number of nitrogens with two attached hydrogens (primary N) is 1. The molecular formula is C11H16N4. The Bertz CT molecular complexity index is 400. The highest BCUT2D eigenvalue weighted by atomic mass is 15.1. The molecule has 0 aromatic carbocycles. The predicted molar refractivity (Wildman–Crippen MR) is 59.3 cm³/mol. The van der Waals surface area contributed by atoms with Crippen LogP contribution in [0.4, 0.5) is 0 Å². The fourth-order valence-electron chi connectivity index (χ4n) is 1.69. The number of hydrogen-bond acceptors (Lipinski definition) is 2. The molecule has 0 fully saturated rings. The number of imidazole rings is 1. The SMILES string of the molecule is CC(N)c1cccn1CCn1ccnc1. The summed E-state index contributed by atoms with van der Waals surface area (Å²) >= 11 is 0. The zero-order valence-electron chi connectivity index (χ0n) is 8.87. The Morgan fingerprint density at radius 2 is 2.27 bits per heavy atom. The third-order valence-corrected chi connectivity index (χ3v) is 2.49. The lowest BCUT2D eigenvalue weighted by molar-refractivity contribution is 0.550. The molecule has 1 unspecified atom stereocenters. The topological polar surface area (TPSA) is 48.8 Å². The Labute approximate surface area is 89.3 Å². The highest BCUT2D eigenvalue weighted by Gasteiger charge is 2.04. The minimum absolute atomic E-state index is 0.0859. The molecule has 80 valence electrons. The second kappa shape index (κ2) is 4.31. The molecule has 0 radical (unpaired) electrons. The molecular weight excluding hydrogens is 188 g/mol. The summed E-state index contributed by atoms with van der Waals surface area (Å²) < 4.78 is 4.25. The number of aryl methyl sites for hydroxylation is 2. The van der Waals surface area contributed by atoms with Gasteiger partial charge in [-0.3, -0.25) is 0 Å². The van der Waals surface area contributed by atoms with Gasteiger partial charge in [0.15, 0.2) is 0 Å². The maximum absolute atomic E-state index is 5.87. The summed E-state index contributed by atoms with van der Waals surface area (Å²) in [6, 6.07) is 4.19. The highest BCUT2D eigenvalue weighted by Crippen LogP contribution is 2.10. The first-order valence-electron chi connectivity index (χ1n) is 5.14. The zero-order chi connectivity index (χ0) is 10.7. The van der Waals surface area contributed by atoms with Crippen LogP contribution in [0.3, 0.4) is 0 Å². The molecule has 4 heteroatoms. The number of aromatic nitrogens is 3. The summed E-state index contributed by atoms with van der Waals surface area (Å²) in [7, 11) is 0. The Morgan fingerprint density at radius 3 is 2.93 bits per heavy atom. The summed E-state index contributed by atoms with van der Waals surface area (Å²) in [5.41, 5.74) is 7.04. The maximum Gasteiger partial charge on any atom is 0.0946 e. The first-order chi connectivity index (χ1) is 7.27. The van der Waals surface area contributed by atoms with E-state index in [1.165, 1.54) is 5.69 Å². The lowest BCUT2D eigenvalue weighted by Crippen LogP contribution is -2.14. The summed E-state index contributed by atoms with van der Waals surface area (Å²) in [6.07, 6.45) is 7.65. The third kappa shape index (κ3) is 2.27. The standard InChI is InChI=1S/C11H16N4/c1-10(12)11-3-2-5-15(11)8-7-14-6-4-13-9-14/h2-6,9-10H,7-8,12H2,1H3.